The van der Waals surface area contributed by atoms with E-state index in [2.05, 4.69) is 72.8 Å². The minimum Gasteiger partial charge on any atom is -0.462 e. The van der Waals surface area contributed by atoms with Crippen LogP contribution in [0.25, 0.3) is 0 Å². The van der Waals surface area contributed by atoms with Gasteiger partial charge in [-0.2, -0.15) is 0 Å². The second kappa shape index (κ2) is 68.0. The smallest absolute Gasteiger partial charge is 0.462 e. The lowest BCUT2D eigenvalue weighted by molar-refractivity contribution is -0.161. The molecule has 0 saturated carbocycles. The molecule has 97 heavy (non-hydrogen) atoms. The highest BCUT2D eigenvalue weighted by molar-refractivity contribution is 7.47. The van der Waals surface area contributed by atoms with Crippen LogP contribution in [-0.2, 0) is 65.4 Å². The maximum Gasteiger partial charge on any atom is 0.472 e. The van der Waals surface area contributed by atoms with Crippen LogP contribution in [-0.4, -0.2) is 96.7 Å². The standard InChI is InChI=1S/C78H148O17P2/c1-8-10-11-12-13-14-15-16-17-21-28-33-38-47-54-62-78(83)95-74(66-89-76(81)60-53-46-41-40-44-51-58-71(7)9-2)68-93-97(86,87)91-64-72(79)63-90-96(84,85)92-67-73(65-88-75(80)59-52-45-37-32-27-24-23-26-31-36-43-50-57-70(5)6)94-77(82)61-55-48-39-34-29-22-19-18-20-25-30-35-42-49-56-69(3)4/h14-17,69-74,79H,8-13,18-68H2,1-7H3,(H,84,85)(H,86,87)/b15-14-,17-16-/t71?,72-,73-,74-/m1/s1. The Hall–Kier alpha value is -2.46. The normalized spacial score (nSPS) is 14.5. The van der Waals surface area contributed by atoms with E-state index in [1.54, 1.807) is 0 Å². The number of hydrogen-bond acceptors (Lipinski definition) is 15. The fraction of sp³-hybridized carbons (Fsp3) is 0.897. The number of hydrogen-bond donors (Lipinski definition) is 3. The highest BCUT2D eigenvalue weighted by atomic mass is 31.2. The van der Waals surface area contributed by atoms with Crippen LogP contribution in [0.15, 0.2) is 24.3 Å². The molecular formula is C78H148O17P2. The van der Waals surface area contributed by atoms with Crippen molar-refractivity contribution in [3.8, 4) is 0 Å². The summed E-state index contributed by atoms with van der Waals surface area (Å²) in [6.45, 7) is 11.8. The summed E-state index contributed by atoms with van der Waals surface area (Å²) in [5, 5.41) is 10.6. The van der Waals surface area contributed by atoms with E-state index in [1.165, 1.54) is 167 Å². The molecule has 3 N–H and O–H groups in total. The van der Waals surface area contributed by atoms with Gasteiger partial charge in [0.2, 0.25) is 0 Å². The summed E-state index contributed by atoms with van der Waals surface area (Å²) in [6, 6.07) is 0. The molecule has 0 aromatic rings. The van der Waals surface area contributed by atoms with E-state index in [0.29, 0.717) is 25.7 Å². The van der Waals surface area contributed by atoms with Crippen LogP contribution in [0.4, 0.5) is 0 Å². The molecule has 0 radical (unpaired) electrons. The number of rotatable bonds is 74. The molecule has 0 aliphatic rings. The number of esters is 4. The van der Waals surface area contributed by atoms with Gasteiger partial charge in [0.1, 0.15) is 19.3 Å². The van der Waals surface area contributed by atoms with Crippen molar-refractivity contribution in [1.29, 1.82) is 0 Å². The summed E-state index contributed by atoms with van der Waals surface area (Å²) >= 11 is 0. The van der Waals surface area contributed by atoms with Gasteiger partial charge in [0.15, 0.2) is 12.2 Å². The summed E-state index contributed by atoms with van der Waals surface area (Å²) in [5.74, 6) is 0.155. The second-order valence-corrected chi connectivity index (χ2v) is 31.5. The van der Waals surface area contributed by atoms with Crippen LogP contribution in [0, 0.1) is 17.8 Å². The first kappa shape index (κ1) is 94.5. The molecule has 0 rings (SSSR count). The predicted octanol–water partition coefficient (Wildman–Crippen LogP) is 22.5. The highest BCUT2D eigenvalue weighted by Crippen LogP contribution is 2.45. The van der Waals surface area contributed by atoms with Gasteiger partial charge in [-0.3, -0.25) is 37.3 Å². The number of aliphatic hydroxyl groups excluding tert-OH is 1. The van der Waals surface area contributed by atoms with E-state index in [1.807, 2.05) is 0 Å². The molecule has 572 valence electrons. The third kappa shape index (κ3) is 70.4. The minimum atomic E-state index is -4.97. The fourth-order valence-electron chi connectivity index (χ4n) is 11.4. The van der Waals surface area contributed by atoms with Crippen LogP contribution >= 0.6 is 15.6 Å². The third-order valence-electron chi connectivity index (χ3n) is 17.9. The van der Waals surface area contributed by atoms with Crippen molar-refractivity contribution in [2.24, 2.45) is 17.8 Å². The SMILES string of the molecule is CCCCCC/C=C\C=C/CCCCCCCC(=O)O[C@H](COC(=O)CCCCCCCCC(C)CC)COP(=O)(O)OC[C@H](O)COP(=O)(O)OC[C@@H](COC(=O)CCCCCCCCCCCCCCC(C)C)OC(=O)CCCCCCCCCCCCCCCCC(C)C. The van der Waals surface area contributed by atoms with Crippen LogP contribution < -0.4 is 0 Å². The monoisotopic (exact) mass is 1420 g/mol. The minimum absolute atomic E-state index is 0.0839. The molecule has 0 fully saturated rings. The molecule has 6 atom stereocenters. The van der Waals surface area contributed by atoms with E-state index in [4.69, 9.17) is 37.0 Å². The van der Waals surface area contributed by atoms with E-state index >= 15 is 0 Å². The second-order valence-electron chi connectivity index (χ2n) is 28.6. The maximum atomic E-state index is 13.1. The van der Waals surface area contributed by atoms with Gasteiger partial charge in [0.25, 0.3) is 0 Å². The first-order valence-corrected chi connectivity index (χ1v) is 42.7. The van der Waals surface area contributed by atoms with E-state index in [0.717, 1.165) is 127 Å². The highest BCUT2D eigenvalue weighted by Gasteiger charge is 2.30. The zero-order valence-electron chi connectivity index (χ0n) is 63.0. The lowest BCUT2D eigenvalue weighted by Crippen LogP contribution is -2.30. The van der Waals surface area contributed by atoms with E-state index in [-0.39, 0.29) is 25.7 Å². The van der Waals surface area contributed by atoms with Gasteiger partial charge in [-0.1, -0.05) is 323 Å². The van der Waals surface area contributed by atoms with Crippen molar-refractivity contribution in [2.75, 3.05) is 39.6 Å². The average Bonchev–Trinajstić information content (AvgIpc) is 1.04. The van der Waals surface area contributed by atoms with Crippen molar-refractivity contribution in [3.05, 3.63) is 24.3 Å². The van der Waals surface area contributed by atoms with Gasteiger partial charge < -0.3 is 33.8 Å². The first-order valence-electron chi connectivity index (χ1n) is 39.7. The Labute approximate surface area is 592 Å². The van der Waals surface area contributed by atoms with Crippen molar-refractivity contribution in [1.82, 2.24) is 0 Å². The predicted molar refractivity (Wildman–Crippen MR) is 395 cm³/mol. The average molecular weight is 1420 g/mol. The molecule has 0 aromatic carbocycles. The first-order chi connectivity index (χ1) is 46.8. The third-order valence-corrected chi connectivity index (χ3v) is 19.8. The summed E-state index contributed by atoms with van der Waals surface area (Å²) in [4.78, 5) is 72.9. The van der Waals surface area contributed by atoms with Gasteiger partial charge in [0, 0.05) is 25.7 Å². The van der Waals surface area contributed by atoms with Crippen LogP contribution in [0.1, 0.15) is 376 Å². The van der Waals surface area contributed by atoms with Gasteiger partial charge >= 0.3 is 39.5 Å². The Morgan fingerprint density at radius 3 is 0.918 bits per heavy atom. The fourth-order valence-corrected chi connectivity index (χ4v) is 13.0. The number of phosphoric acid groups is 2. The molecule has 0 aliphatic heterocycles. The summed E-state index contributed by atoms with van der Waals surface area (Å²) in [5.41, 5.74) is 0. The molecule has 3 unspecified atom stereocenters. The summed E-state index contributed by atoms with van der Waals surface area (Å²) < 4.78 is 68.6. The molecule has 0 aromatic heterocycles. The zero-order valence-corrected chi connectivity index (χ0v) is 64.8. The van der Waals surface area contributed by atoms with Crippen LogP contribution in [0.2, 0.25) is 0 Å². The number of aliphatic hydroxyl groups is 1. The zero-order chi connectivity index (χ0) is 71.6. The number of allylic oxidation sites excluding steroid dienone is 4. The topological polar surface area (TPSA) is 237 Å². The summed E-state index contributed by atoms with van der Waals surface area (Å²) in [7, 11) is -9.93. The van der Waals surface area contributed by atoms with Gasteiger partial charge in [-0.25, -0.2) is 9.13 Å². The molecule has 19 heteroatoms. The molecule has 0 heterocycles. The number of phosphoric ester groups is 2. The van der Waals surface area contributed by atoms with Crippen molar-refractivity contribution < 1.29 is 80.2 Å². The number of unbranched alkanes of at least 4 members (excludes halogenated alkanes) is 38. The molecule has 0 aliphatic carbocycles. The van der Waals surface area contributed by atoms with Crippen molar-refractivity contribution in [3.63, 3.8) is 0 Å². The molecule has 0 spiro atoms. The summed E-state index contributed by atoms with van der Waals surface area (Å²) in [6.07, 6.45) is 57.7. The largest absolute Gasteiger partial charge is 0.472 e. The molecule has 0 amide bonds. The van der Waals surface area contributed by atoms with Gasteiger partial charge in [0.05, 0.1) is 26.4 Å². The molecule has 17 nitrogen and oxygen atoms in total. The number of carbonyl (C=O) groups is 4. The molecule has 0 saturated heterocycles. The van der Waals surface area contributed by atoms with E-state index in [9.17, 15) is 43.2 Å². The number of carbonyl (C=O) groups excluding carboxylic acids is 4. The van der Waals surface area contributed by atoms with Gasteiger partial charge in [-0.15, -0.1) is 0 Å². The quantitative estimate of drug-likeness (QED) is 0.0169. The lowest BCUT2D eigenvalue weighted by Gasteiger charge is -2.21. The Balaban J connectivity index is 5.29. The Morgan fingerprint density at radius 1 is 0.340 bits per heavy atom. The maximum absolute atomic E-state index is 13.1. The molecule has 0 bridgehead atoms. The Bertz CT molecular complexity index is 1980. The van der Waals surface area contributed by atoms with Crippen LogP contribution in [0.5, 0.6) is 0 Å². The van der Waals surface area contributed by atoms with Gasteiger partial charge in [-0.05, 0) is 69.1 Å². The Kier molecular flexibility index (Phi) is 66.3. The van der Waals surface area contributed by atoms with Crippen LogP contribution in [0.3, 0.4) is 0 Å². The Morgan fingerprint density at radius 2 is 0.608 bits per heavy atom. The molecular weight excluding hydrogens is 1270 g/mol. The van der Waals surface area contributed by atoms with E-state index < -0.39 is 97.5 Å². The number of ether oxygens (including phenoxy) is 4. The van der Waals surface area contributed by atoms with Crippen molar-refractivity contribution in [2.45, 2.75) is 394 Å². The lowest BCUT2D eigenvalue weighted by atomic mass is 10.00. The van der Waals surface area contributed by atoms with Crippen molar-refractivity contribution >= 4 is 39.5 Å².